The molecule has 0 radical (unpaired) electrons. The second-order valence-electron chi connectivity index (χ2n) is 5.96. The van der Waals surface area contributed by atoms with Crippen LogP contribution < -0.4 is 0 Å². The van der Waals surface area contributed by atoms with E-state index < -0.39 is 0 Å². The highest BCUT2D eigenvalue weighted by molar-refractivity contribution is 5.77. The van der Waals surface area contributed by atoms with Crippen molar-refractivity contribution in [1.82, 2.24) is 4.90 Å². The van der Waals surface area contributed by atoms with E-state index in [9.17, 15) is 0 Å². The summed E-state index contributed by atoms with van der Waals surface area (Å²) < 4.78 is 0. The van der Waals surface area contributed by atoms with Crippen molar-refractivity contribution < 1.29 is 0 Å². The standard InChI is InChI=1S/C20H25N/c1-4-16-17(5-2)19-12-8-9-13-20(19)21(3)14-15-10-6-7-11-18(15)16/h6-7,10-13H,4-5,8-9,14H2,1-3H3/b17-16-. The molecular formula is C20H25N. The molecule has 0 fully saturated rings. The highest BCUT2D eigenvalue weighted by Gasteiger charge is 2.23. The fraction of sp³-hybridized carbons (Fsp3) is 0.400. The Kier molecular flexibility index (Phi) is 4.01. The van der Waals surface area contributed by atoms with E-state index in [1.54, 1.807) is 11.1 Å². The second kappa shape index (κ2) is 5.93. The molecule has 1 heteroatoms. The first-order chi connectivity index (χ1) is 10.3. The van der Waals surface area contributed by atoms with E-state index in [1.165, 1.54) is 35.2 Å². The van der Waals surface area contributed by atoms with Gasteiger partial charge in [-0.3, -0.25) is 0 Å². The van der Waals surface area contributed by atoms with Crippen LogP contribution >= 0.6 is 0 Å². The zero-order valence-electron chi connectivity index (χ0n) is 13.4. The average molecular weight is 279 g/mol. The fourth-order valence-electron chi connectivity index (χ4n) is 3.73. The number of likely N-dealkylation sites (N-methyl/N-ethyl adjacent to an activating group) is 1. The van der Waals surface area contributed by atoms with Crippen molar-refractivity contribution in [3.63, 3.8) is 0 Å². The van der Waals surface area contributed by atoms with Crippen LogP contribution in [-0.4, -0.2) is 11.9 Å². The fourth-order valence-corrected chi connectivity index (χ4v) is 3.73. The van der Waals surface area contributed by atoms with Gasteiger partial charge in [-0.25, -0.2) is 0 Å². The van der Waals surface area contributed by atoms with Gasteiger partial charge in [-0.05, 0) is 53.5 Å². The molecule has 1 nitrogen and oxygen atoms in total. The van der Waals surface area contributed by atoms with E-state index in [-0.39, 0.29) is 0 Å². The van der Waals surface area contributed by atoms with Crippen LogP contribution in [0, 0.1) is 0 Å². The van der Waals surface area contributed by atoms with E-state index >= 15 is 0 Å². The molecule has 0 N–H and O–H groups in total. The zero-order chi connectivity index (χ0) is 14.8. The van der Waals surface area contributed by atoms with Gasteiger partial charge in [0.2, 0.25) is 0 Å². The van der Waals surface area contributed by atoms with Crippen molar-refractivity contribution in [3.8, 4) is 0 Å². The van der Waals surface area contributed by atoms with Gasteiger partial charge in [0.05, 0.1) is 0 Å². The molecule has 21 heavy (non-hydrogen) atoms. The van der Waals surface area contributed by atoms with Crippen LogP contribution in [-0.2, 0) is 6.54 Å². The molecule has 1 heterocycles. The minimum absolute atomic E-state index is 1.000. The topological polar surface area (TPSA) is 3.24 Å². The molecular weight excluding hydrogens is 254 g/mol. The Bertz CT molecular complexity index is 631. The van der Waals surface area contributed by atoms with E-state index in [4.69, 9.17) is 0 Å². The Morgan fingerprint density at radius 3 is 2.43 bits per heavy atom. The van der Waals surface area contributed by atoms with E-state index in [0.29, 0.717) is 0 Å². The molecule has 1 aromatic carbocycles. The first-order valence-corrected chi connectivity index (χ1v) is 8.18. The molecule has 1 aromatic rings. The summed E-state index contributed by atoms with van der Waals surface area (Å²) in [7, 11) is 2.23. The van der Waals surface area contributed by atoms with Gasteiger partial charge in [0, 0.05) is 19.3 Å². The van der Waals surface area contributed by atoms with Crippen LogP contribution in [0.2, 0.25) is 0 Å². The Hall–Kier alpha value is -1.76. The lowest BCUT2D eigenvalue weighted by Crippen LogP contribution is -2.23. The molecule has 0 unspecified atom stereocenters. The van der Waals surface area contributed by atoms with Gasteiger partial charge in [-0.15, -0.1) is 0 Å². The van der Waals surface area contributed by atoms with Gasteiger partial charge in [0.1, 0.15) is 0 Å². The van der Waals surface area contributed by atoms with E-state index in [0.717, 1.165) is 19.4 Å². The second-order valence-corrected chi connectivity index (χ2v) is 5.96. The van der Waals surface area contributed by atoms with Crippen molar-refractivity contribution in [2.24, 2.45) is 0 Å². The predicted octanol–water partition coefficient (Wildman–Crippen LogP) is 5.31. The van der Waals surface area contributed by atoms with Gasteiger partial charge < -0.3 is 4.90 Å². The van der Waals surface area contributed by atoms with Gasteiger partial charge in [0.15, 0.2) is 0 Å². The average Bonchev–Trinajstić information content (AvgIpc) is 2.52. The summed E-state index contributed by atoms with van der Waals surface area (Å²) >= 11 is 0. The van der Waals surface area contributed by atoms with Crippen LogP contribution in [0.25, 0.3) is 5.57 Å². The minimum Gasteiger partial charge on any atom is -0.370 e. The summed E-state index contributed by atoms with van der Waals surface area (Å²) in [4.78, 5) is 2.42. The monoisotopic (exact) mass is 279 g/mol. The van der Waals surface area contributed by atoms with Crippen molar-refractivity contribution in [3.05, 3.63) is 64.4 Å². The lowest BCUT2D eigenvalue weighted by atomic mass is 9.83. The summed E-state index contributed by atoms with van der Waals surface area (Å²) in [6.45, 7) is 5.59. The molecule has 0 saturated carbocycles. The van der Waals surface area contributed by atoms with Crippen molar-refractivity contribution >= 4 is 5.57 Å². The lowest BCUT2D eigenvalue weighted by Gasteiger charge is -2.33. The van der Waals surface area contributed by atoms with Crippen molar-refractivity contribution in [2.45, 2.75) is 46.1 Å². The molecule has 0 aromatic heterocycles. The van der Waals surface area contributed by atoms with Crippen LogP contribution in [0.15, 0.2) is 53.3 Å². The van der Waals surface area contributed by atoms with Gasteiger partial charge in [0.25, 0.3) is 0 Å². The first kappa shape index (κ1) is 14.2. The van der Waals surface area contributed by atoms with Crippen LogP contribution in [0.5, 0.6) is 0 Å². The maximum absolute atomic E-state index is 2.45. The number of nitrogens with zero attached hydrogens (tertiary/aromatic N) is 1. The molecule has 0 atom stereocenters. The highest BCUT2D eigenvalue weighted by Crippen LogP contribution is 2.39. The van der Waals surface area contributed by atoms with Gasteiger partial charge >= 0.3 is 0 Å². The van der Waals surface area contributed by atoms with Crippen LogP contribution in [0.1, 0.15) is 50.7 Å². The molecule has 3 rings (SSSR count). The molecule has 0 bridgehead atoms. The molecule has 1 aliphatic carbocycles. The van der Waals surface area contributed by atoms with Crippen LogP contribution in [0.4, 0.5) is 0 Å². The molecule has 0 spiro atoms. The number of benzene rings is 1. The van der Waals surface area contributed by atoms with Crippen molar-refractivity contribution in [2.75, 3.05) is 7.05 Å². The minimum atomic E-state index is 1.000. The molecule has 0 amide bonds. The molecule has 1 aliphatic heterocycles. The largest absolute Gasteiger partial charge is 0.370 e. The quantitative estimate of drug-likeness (QED) is 0.709. The normalized spacial score (nSPS) is 21.8. The number of allylic oxidation sites excluding steroid dienone is 4. The Morgan fingerprint density at radius 2 is 1.67 bits per heavy atom. The molecule has 0 saturated heterocycles. The Labute approximate surface area is 128 Å². The first-order valence-electron chi connectivity index (χ1n) is 8.18. The number of fused-ring (bicyclic) bond motifs is 2. The smallest absolute Gasteiger partial charge is 0.0432 e. The number of hydrogen-bond donors (Lipinski definition) is 0. The van der Waals surface area contributed by atoms with Gasteiger partial charge in [-0.1, -0.05) is 50.3 Å². The highest BCUT2D eigenvalue weighted by atomic mass is 15.1. The Morgan fingerprint density at radius 1 is 0.952 bits per heavy atom. The number of hydrogen-bond acceptors (Lipinski definition) is 1. The van der Waals surface area contributed by atoms with E-state index in [2.05, 4.69) is 62.2 Å². The Balaban J connectivity index is 2.27. The van der Waals surface area contributed by atoms with Crippen molar-refractivity contribution in [1.29, 1.82) is 0 Å². The summed E-state index contributed by atoms with van der Waals surface area (Å²) in [5, 5.41) is 0. The predicted molar refractivity (Wildman–Crippen MR) is 90.8 cm³/mol. The maximum Gasteiger partial charge on any atom is 0.0432 e. The molecule has 110 valence electrons. The molecule has 2 aliphatic rings. The maximum atomic E-state index is 2.45. The third-order valence-electron chi connectivity index (χ3n) is 4.69. The summed E-state index contributed by atoms with van der Waals surface area (Å²) in [5.74, 6) is 0. The third-order valence-corrected chi connectivity index (χ3v) is 4.69. The number of rotatable bonds is 2. The third kappa shape index (κ3) is 2.46. The summed E-state index contributed by atoms with van der Waals surface area (Å²) in [5.41, 5.74) is 8.90. The zero-order valence-corrected chi connectivity index (χ0v) is 13.4. The summed E-state index contributed by atoms with van der Waals surface area (Å²) in [6.07, 6.45) is 9.43. The van der Waals surface area contributed by atoms with E-state index in [1.807, 2.05) is 0 Å². The van der Waals surface area contributed by atoms with Gasteiger partial charge in [-0.2, -0.15) is 0 Å². The summed E-state index contributed by atoms with van der Waals surface area (Å²) in [6, 6.07) is 8.93. The van der Waals surface area contributed by atoms with Crippen LogP contribution in [0.3, 0.4) is 0 Å². The lowest BCUT2D eigenvalue weighted by molar-refractivity contribution is 0.413. The SMILES string of the molecule is CC/C1=C(\CC)c2ccccc2CN(C)C2=CCCC=C21.